The molecule has 2 amide bonds. The van der Waals surface area contributed by atoms with E-state index in [1.807, 2.05) is 0 Å². The lowest BCUT2D eigenvalue weighted by molar-refractivity contribution is -0.137. The molecule has 0 aliphatic heterocycles. The number of benzene rings is 2. The molecule has 0 aliphatic carbocycles. The number of carbonyl (C=O) groups is 1. The first-order chi connectivity index (χ1) is 15.4. The topological polar surface area (TPSA) is 106 Å². The van der Waals surface area contributed by atoms with E-state index in [0.717, 1.165) is 12.1 Å². The van der Waals surface area contributed by atoms with Crippen molar-refractivity contribution in [3.8, 4) is 11.5 Å². The second-order valence-electron chi connectivity index (χ2n) is 6.59. The van der Waals surface area contributed by atoms with Gasteiger partial charge in [-0.3, -0.25) is 4.98 Å². The number of anilines is 2. The first kappa shape index (κ1) is 21.0. The van der Waals surface area contributed by atoms with Crippen LogP contribution in [0.1, 0.15) is 17.0 Å². The number of rotatable bonds is 5. The Balaban J connectivity index is 1.46. The standard InChI is InChI=1S/C21H15F3N6O2/c22-21(23,24)14-5-3-6-15(11-14)27-20(31)28-16-7-2-1-4-13(16)10-18-29-19(30-32-18)17-12-25-8-9-26-17/h1-9,11-12H,10H2,(H2,27,28,31). The third-order valence-corrected chi connectivity index (χ3v) is 4.32. The van der Waals surface area contributed by atoms with Gasteiger partial charge in [0, 0.05) is 23.8 Å². The van der Waals surface area contributed by atoms with Crippen molar-refractivity contribution in [3.05, 3.63) is 84.1 Å². The Kier molecular flexibility index (Phi) is 5.79. The van der Waals surface area contributed by atoms with Gasteiger partial charge in [-0.15, -0.1) is 0 Å². The van der Waals surface area contributed by atoms with Crippen LogP contribution in [0.5, 0.6) is 0 Å². The summed E-state index contributed by atoms with van der Waals surface area (Å²) in [5.74, 6) is 0.569. The van der Waals surface area contributed by atoms with E-state index < -0.39 is 17.8 Å². The molecule has 4 aromatic rings. The fraction of sp³-hybridized carbons (Fsp3) is 0.0952. The molecular weight excluding hydrogens is 425 g/mol. The van der Waals surface area contributed by atoms with Crippen molar-refractivity contribution in [2.75, 3.05) is 10.6 Å². The van der Waals surface area contributed by atoms with Crippen LogP contribution >= 0.6 is 0 Å². The van der Waals surface area contributed by atoms with Gasteiger partial charge >= 0.3 is 12.2 Å². The minimum absolute atomic E-state index is 0.0142. The molecule has 32 heavy (non-hydrogen) atoms. The van der Waals surface area contributed by atoms with Crippen LogP contribution in [-0.4, -0.2) is 26.1 Å². The van der Waals surface area contributed by atoms with Gasteiger partial charge in [-0.1, -0.05) is 29.4 Å². The summed E-state index contributed by atoms with van der Waals surface area (Å²) in [6.07, 6.45) is 0.245. The first-order valence-corrected chi connectivity index (χ1v) is 9.30. The molecule has 2 aromatic heterocycles. The summed E-state index contributed by atoms with van der Waals surface area (Å²) in [6.45, 7) is 0. The van der Waals surface area contributed by atoms with Crippen molar-refractivity contribution in [1.82, 2.24) is 20.1 Å². The molecule has 11 heteroatoms. The molecule has 0 radical (unpaired) electrons. The number of hydrogen-bond acceptors (Lipinski definition) is 6. The summed E-state index contributed by atoms with van der Waals surface area (Å²) < 4.78 is 43.9. The van der Waals surface area contributed by atoms with Crippen molar-refractivity contribution in [2.45, 2.75) is 12.6 Å². The van der Waals surface area contributed by atoms with Gasteiger partial charge in [0.25, 0.3) is 0 Å². The molecule has 2 aromatic carbocycles. The van der Waals surface area contributed by atoms with E-state index in [0.29, 0.717) is 16.9 Å². The molecule has 162 valence electrons. The van der Waals surface area contributed by atoms with Crippen LogP contribution in [0, 0.1) is 0 Å². The van der Waals surface area contributed by atoms with Crippen molar-refractivity contribution in [3.63, 3.8) is 0 Å². The molecule has 0 bridgehead atoms. The number of aromatic nitrogens is 4. The Labute approximate surface area is 179 Å². The molecule has 2 N–H and O–H groups in total. The average molecular weight is 440 g/mol. The highest BCUT2D eigenvalue weighted by molar-refractivity contribution is 6.00. The number of nitrogens with zero attached hydrogens (tertiary/aromatic N) is 4. The highest BCUT2D eigenvalue weighted by Gasteiger charge is 2.30. The number of hydrogen-bond donors (Lipinski definition) is 2. The molecule has 0 spiro atoms. The number of urea groups is 1. The molecule has 0 aliphatic rings. The van der Waals surface area contributed by atoms with Gasteiger partial charge in [-0.2, -0.15) is 18.2 Å². The number of alkyl halides is 3. The summed E-state index contributed by atoms with van der Waals surface area (Å²) in [7, 11) is 0. The van der Waals surface area contributed by atoms with Crippen LogP contribution in [0.4, 0.5) is 29.3 Å². The van der Waals surface area contributed by atoms with Gasteiger partial charge in [0.2, 0.25) is 11.7 Å². The predicted octanol–water partition coefficient (Wildman–Crippen LogP) is 4.78. The molecular formula is C21H15F3N6O2. The molecule has 0 atom stereocenters. The Morgan fingerprint density at radius 3 is 2.66 bits per heavy atom. The van der Waals surface area contributed by atoms with E-state index >= 15 is 0 Å². The number of halogens is 3. The maximum atomic E-state index is 12.9. The molecule has 2 heterocycles. The van der Waals surface area contributed by atoms with E-state index in [9.17, 15) is 18.0 Å². The number of carbonyl (C=O) groups excluding carboxylic acids is 1. The van der Waals surface area contributed by atoms with Gasteiger partial charge in [-0.25, -0.2) is 9.78 Å². The van der Waals surface area contributed by atoms with Crippen molar-refractivity contribution in [2.24, 2.45) is 0 Å². The maximum absolute atomic E-state index is 12.9. The molecule has 0 saturated heterocycles. The highest BCUT2D eigenvalue weighted by Crippen LogP contribution is 2.30. The fourth-order valence-electron chi connectivity index (χ4n) is 2.86. The minimum atomic E-state index is -4.50. The lowest BCUT2D eigenvalue weighted by Crippen LogP contribution is -2.20. The van der Waals surface area contributed by atoms with E-state index in [4.69, 9.17) is 4.52 Å². The lowest BCUT2D eigenvalue weighted by Gasteiger charge is -2.12. The molecule has 4 rings (SSSR count). The van der Waals surface area contributed by atoms with Crippen LogP contribution in [0.25, 0.3) is 11.5 Å². The van der Waals surface area contributed by atoms with Gasteiger partial charge < -0.3 is 15.2 Å². The van der Waals surface area contributed by atoms with E-state index in [2.05, 4.69) is 30.7 Å². The third-order valence-electron chi connectivity index (χ3n) is 4.32. The van der Waals surface area contributed by atoms with Gasteiger partial charge in [0.15, 0.2) is 0 Å². The minimum Gasteiger partial charge on any atom is -0.339 e. The number of amides is 2. The second kappa shape index (κ2) is 8.84. The second-order valence-corrected chi connectivity index (χ2v) is 6.59. The first-order valence-electron chi connectivity index (χ1n) is 9.30. The monoisotopic (exact) mass is 440 g/mol. The van der Waals surface area contributed by atoms with Gasteiger partial charge in [0.05, 0.1) is 18.2 Å². The lowest BCUT2D eigenvalue weighted by atomic mass is 10.1. The number of para-hydroxylation sites is 1. The van der Waals surface area contributed by atoms with Gasteiger partial charge in [0.1, 0.15) is 5.69 Å². The van der Waals surface area contributed by atoms with Crippen LogP contribution in [0.15, 0.2) is 71.6 Å². The van der Waals surface area contributed by atoms with Crippen LogP contribution in [0.3, 0.4) is 0 Å². The zero-order valence-corrected chi connectivity index (χ0v) is 16.3. The van der Waals surface area contributed by atoms with Crippen LogP contribution in [0.2, 0.25) is 0 Å². The summed E-state index contributed by atoms with van der Waals surface area (Å²) >= 11 is 0. The fourth-order valence-corrected chi connectivity index (χ4v) is 2.86. The summed E-state index contributed by atoms with van der Waals surface area (Å²) in [4.78, 5) is 24.7. The smallest absolute Gasteiger partial charge is 0.339 e. The number of nitrogens with one attached hydrogen (secondary N) is 2. The van der Waals surface area contributed by atoms with Crippen LogP contribution in [-0.2, 0) is 12.6 Å². The van der Waals surface area contributed by atoms with Crippen molar-refractivity contribution in [1.29, 1.82) is 0 Å². The van der Waals surface area contributed by atoms with E-state index in [1.165, 1.54) is 30.7 Å². The molecule has 8 nitrogen and oxygen atoms in total. The Hall–Kier alpha value is -4.28. The molecule has 0 saturated carbocycles. The third kappa shape index (κ3) is 5.06. The summed E-state index contributed by atoms with van der Waals surface area (Å²) in [5.41, 5.74) is 0.720. The normalized spacial score (nSPS) is 11.2. The van der Waals surface area contributed by atoms with Crippen molar-refractivity contribution < 1.29 is 22.5 Å². The zero-order chi connectivity index (χ0) is 22.6. The van der Waals surface area contributed by atoms with E-state index in [1.54, 1.807) is 24.3 Å². The predicted molar refractivity (Wildman–Crippen MR) is 109 cm³/mol. The maximum Gasteiger partial charge on any atom is 0.416 e. The Bertz CT molecular complexity index is 1230. The SMILES string of the molecule is O=C(Nc1cccc(C(F)(F)F)c1)Nc1ccccc1Cc1nc(-c2cnccn2)no1. The highest BCUT2D eigenvalue weighted by atomic mass is 19.4. The average Bonchev–Trinajstić information content (AvgIpc) is 3.24. The Morgan fingerprint density at radius 1 is 1.03 bits per heavy atom. The quantitative estimate of drug-likeness (QED) is 0.463. The Morgan fingerprint density at radius 2 is 1.88 bits per heavy atom. The van der Waals surface area contributed by atoms with Crippen LogP contribution < -0.4 is 10.6 Å². The molecule has 0 fully saturated rings. The zero-order valence-electron chi connectivity index (χ0n) is 16.3. The van der Waals surface area contributed by atoms with Gasteiger partial charge in [-0.05, 0) is 29.8 Å². The van der Waals surface area contributed by atoms with Crippen molar-refractivity contribution >= 4 is 17.4 Å². The molecule has 0 unspecified atom stereocenters. The van der Waals surface area contributed by atoms with E-state index in [-0.39, 0.29) is 23.8 Å². The largest absolute Gasteiger partial charge is 0.416 e. The summed E-state index contributed by atoms with van der Waals surface area (Å²) in [6, 6.07) is 10.6. The summed E-state index contributed by atoms with van der Waals surface area (Å²) in [5, 5.41) is 8.91.